The monoisotopic (exact) mass is 311 g/mol. The lowest BCUT2D eigenvalue weighted by Gasteiger charge is -2.24. The van der Waals surface area contributed by atoms with Gasteiger partial charge in [-0.1, -0.05) is 6.07 Å². The largest absolute Gasteiger partial charge is 0.486 e. The molecule has 1 fully saturated rings. The third kappa shape index (κ3) is 3.56. The highest BCUT2D eigenvalue weighted by Gasteiger charge is 2.23. The fourth-order valence-electron chi connectivity index (χ4n) is 2.64. The summed E-state index contributed by atoms with van der Waals surface area (Å²) in [5.41, 5.74) is 7.16. The Labute approximate surface area is 127 Å². The summed E-state index contributed by atoms with van der Waals surface area (Å²) in [5, 5.41) is 0.210. The van der Waals surface area contributed by atoms with E-state index in [4.69, 9.17) is 19.9 Å². The summed E-state index contributed by atoms with van der Waals surface area (Å²) in [6.45, 7) is 2.54. The Bertz CT molecular complexity index is 516. The predicted octanol–water partition coefficient (Wildman–Crippen LogP) is 1.39. The van der Waals surface area contributed by atoms with E-state index < -0.39 is 10.8 Å². The van der Waals surface area contributed by atoms with Gasteiger partial charge in [-0.15, -0.1) is 0 Å². The van der Waals surface area contributed by atoms with Crippen molar-refractivity contribution in [2.24, 2.45) is 5.73 Å². The molecule has 2 aliphatic rings. The van der Waals surface area contributed by atoms with Crippen molar-refractivity contribution in [2.45, 2.75) is 24.1 Å². The van der Waals surface area contributed by atoms with Gasteiger partial charge in [0, 0.05) is 41.1 Å². The van der Waals surface area contributed by atoms with Gasteiger partial charge in [0.15, 0.2) is 11.5 Å². The van der Waals surface area contributed by atoms with Crippen molar-refractivity contribution in [3.05, 3.63) is 23.8 Å². The van der Waals surface area contributed by atoms with Gasteiger partial charge in [0.2, 0.25) is 0 Å². The van der Waals surface area contributed by atoms with Crippen LogP contribution >= 0.6 is 0 Å². The first-order valence-electron chi connectivity index (χ1n) is 7.34. The summed E-state index contributed by atoms with van der Waals surface area (Å²) in [4.78, 5) is 0. The molecule has 1 aromatic carbocycles. The van der Waals surface area contributed by atoms with Crippen molar-refractivity contribution >= 4 is 10.8 Å². The first-order valence-corrected chi connectivity index (χ1v) is 8.72. The van der Waals surface area contributed by atoms with Gasteiger partial charge in [0.1, 0.15) is 13.2 Å². The summed E-state index contributed by atoms with van der Waals surface area (Å²) < 4.78 is 28.8. The molecule has 3 rings (SSSR count). The van der Waals surface area contributed by atoms with Crippen LogP contribution in [0.4, 0.5) is 0 Å². The summed E-state index contributed by atoms with van der Waals surface area (Å²) >= 11 is 0. The van der Waals surface area contributed by atoms with E-state index in [1.165, 1.54) is 0 Å². The molecular formula is C15H21NO4S. The lowest BCUT2D eigenvalue weighted by molar-refractivity contribution is 0.0992. The molecule has 0 radical (unpaired) electrons. The second-order valence-corrected chi connectivity index (χ2v) is 7.13. The Kier molecular flexibility index (Phi) is 4.77. The molecule has 1 aromatic rings. The fraction of sp³-hybridized carbons (Fsp3) is 0.600. The minimum Gasteiger partial charge on any atom is -0.486 e. The van der Waals surface area contributed by atoms with Gasteiger partial charge in [-0.2, -0.15) is 0 Å². The molecule has 1 saturated heterocycles. The normalized spacial score (nSPS) is 21.8. The molecule has 2 unspecified atom stereocenters. The van der Waals surface area contributed by atoms with Crippen molar-refractivity contribution in [1.29, 1.82) is 0 Å². The Hall–Kier alpha value is -1.11. The maximum Gasteiger partial charge on any atom is 0.161 e. The van der Waals surface area contributed by atoms with E-state index in [2.05, 4.69) is 0 Å². The lowest BCUT2D eigenvalue weighted by atomic mass is 10.1. The van der Waals surface area contributed by atoms with E-state index in [9.17, 15) is 4.21 Å². The second-order valence-electron chi connectivity index (χ2n) is 5.37. The van der Waals surface area contributed by atoms with Crippen LogP contribution in [0.1, 0.15) is 24.4 Å². The van der Waals surface area contributed by atoms with Gasteiger partial charge in [-0.05, 0) is 30.5 Å². The Morgan fingerprint density at radius 3 is 2.62 bits per heavy atom. The lowest BCUT2D eigenvalue weighted by Crippen LogP contribution is -2.30. The highest BCUT2D eigenvalue weighted by molar-refractivity contribution is 7.85. The molecule has 0 amide bonds. The zero-order valence-corrected chi connectivity index (χ0v) is 12.8. The average molecular weight is 311 g/mol. The molecule has 0 spiro atoms. The highest BCUT2D eigenvalue weighted by Crippen LogP contribution is 2.32. The van der Waals surface area contributed by atoms with E-state index in [0.717, 1.165) is 29.9 Å². The molecule has 2 atom stereocenters. The number of ether oxygens (including phenoxy) is 3. The van der Waals surface area contributed by atoms with Crippen LogP contribution in [0.3, 0.4) is 0 Å². The summed E-state index contributed by atoms with van der Waals surface area (Å²) in [7, 11) is -0.916. The average Bonchev–Trinajstić information content (AvgIpc) is 2.55. The standard InChI is InChI=1S/C15H21NO4S/c16-13(10-21(17)12-3-5-18-6-4-12)11-1-2-14-15(9-11)20-8-7-19-14/h1-2,9,12-13H,3-8,10,16H2. The van der Waals surface area contributed by atoms with Crippen molar-refractivity contribution in [2.75, 3.05) is 32.2 Å². The Morgan fingerprint density at radius 1 is 1.14 bits per heavy atom. The van der Waals surface area contributed by atoms with E-state index in [-0.39, 0.29) is 11.3 Å². The minimum absolute atomic E-state index is 0.210. The van der Waals surface area contributed by atoms with E-state index in [0.29, 0.717) is 32.2 Å². The van der Waals surface area contributed by atoms with Gasteiger partial charge in [-0.3, -0.25) is 4.21 Å². The van der Waals surface area contributed by atoms with Crippen molar-refractivity contribution in [1.82, 2.24) is 0 Å². The van der Waals surface area contributed by atoms with Crippen LogP contribution in [0.2, 0.25) is 0 Å². The van der Waals surface area contributed by atoms with Crippen LogP contribution in [-0.2, 0) is 15.5 Å². The van der Waals surface area contributed by atoms with Gasteiger partial charge in [-0.25, -0.2) is 0 Å². The van der Waals surface area contributed by atoms with E-state index in [1.807, 2.05) is 18.2 Å². The number of nitrogens with two attached hydrogens (primary N) is 1. The molecule has 116 valence electrons. The molecule has 5 nitrogen and oxygen atoms in total. The van der Waals surface area contributed by atoms with E-state index >= 15 is 0 Å². The molecule has 0 aliphatic carbocycles. The number of hydrogen-bond acceptors (Lipinski definition) is 5. The first kappa shape index (κ1) is 14.8. The molecule has 2 aliphatic heterocycles. The quantitative estimate of drug-likeness (QED) is 0.910. The SMILES string of the molecule is NC(CS(=O)C1CCOCC1)c1ccc2c(c1)OCCO2. The fourth-order valence-corrected chi connectivity index (χ4v) is 4.18. The van der Waals surface area contributed by atoms with Gasteiger partial charge in [0.05, 0.1) is 0 Å². The van der Waals surface area contributed by atoms with Crippen LogP contribution in [0.15, 0.2) is 18.2 Å². The molecule has 21 heavy (non-hydrogen) atoms. The Morgan fingerprint density at radius 2 is 1.86 bits per heavy atom. The molecule has 0 bridgehead atoms. The first-order chi connectivity index (χ1) is 10.2. The topological polar surface area (TPSA) is 70.8 Å². The van der Waals surface area contributed by atoms with Crippen molar-refractivity contribution in [3.63, 3.8) is 0 Å². The summed E-state index contributed by atoms with van der Waals surface area (Å²) in [5.74, 6) is 1.96. The molecular weight excluding hydrogens is 290 g/mol. The maximum absolute atomic E-state index is 12.4. The third-order valence-electron chi connectivity index (χ3n) is 3.88. The zero-order valence-electron chi connectivity index (χ0n) is 12.0. The van der Waals surface area contributed by atoms with E-state index in [1.54, 1.807) is 0 Å². The second kappa shape index (κ2) is 6.77. The van der Waals surface area contributed by atoms with Gasteiger partial charge in [0.25, 0.3) is 0 Å². The number of hydrogen-bond donors (Lipinski definition) is 1. The molecule has 2 heterocycles. The molecule has 6 heteroatoms. The van der Waals surface area contributed by atoms with Crippen LogP contribution in [0.5, 0.6) is 11.5 Å². The number of rotatable bonds is 4. The predicted molar refractivity (Wildman–Crippen MR) is 81.2 cm³/mol. The minimum atomic E-state index is -0.916. The third-order valence-corrected chi connectivity index (χ3v) is 5.78. The maximum atomic E-state index is 12.4. The van der Waals surface area contributed by atoms with Crippen LogP contribution < -0.4 is 15.2 Å². The van der Waals surface area contributed by atoms with Gasteiger partial charge >= 0.3 is 0 Å². The van der Waals surface area contributed by atoms with Crippen LogP contribution in [0, 0.1) is 0 Å². The van der Waals surface area contributed by atoms with Crippen LogP contribution in [0.25, 0.3) is 0 Å². The number of fused-ring (bicyclic) bond motifs is 1. The molecule has 2 N–H and O–H groups in total. The van der Waals surface area contributed by atoms with Gasteiger partial charge < -0.3 is 19.9 Å². The highest BCUT2D eigenvalue weighted by atomic mass is 32.2. The molecule has 0 saturated carbocycles. The van der Waals surface area contributed by atoms with Crippen molar-refractivity contribution < 1.29 is 18.4 Å². The number of benzene rings is 1. The summed E-state index contributed by atoms with van der Waals surface area (Å²) in [6.07, 6.45) is 1.72. The van der Waals surface area contributed by atoms with Crippen LogP contribution in [-0.4, -0.2) is 41.6 Å². The zero-order chi connectivity index (χ0) is 14.7. The smallest absolute Gasteiger partial charge is 0.161 e. The Balaban J connectivity index is 1.64. The molecule has 0 aromatic heterocycles. The van der Waals surface area contributed by atoms with Crippen molar-refractivity contribution in [3.8, 4) is 11.5 Å². The summed E-state index contributed by atoms with van der Waals surface area (Å²) in [6, 6.07) is 5.46.